The Morgan fingerprint density at radius 1 is 1.53 bits per heavy atom. The average Bonchev–Trinajstić information content (AvgIpc) is 2.28. The van der Waals surface area contributed by atoms with Crippen LogP contribution in [-0.2, 0) is 0 Å². The molecule has 0 bridgehead atoms. The highest BCUT2D eigenvalue weighted by Crippen LogP contribution is 1.99. The number of pyridine rings is 1. The van der Waals surface area contributed by atoms with Crippen LogP contribution in [0, 0.1) is 6.92 Å². The molecule has 0 aliphatic rings. The Morgan fingerprint density at radius 3 is 2.94 bits per heavy atom. The summed E-state index contributed by atoms with van der Waals surface area (Å²) in [5, 5.41) is 14.8. The molecule has 0 saturated carbocycles. The van der Waals surface area contributed by atoms with Gasteiger partial charge in [0.05, 0.1) is 6.10 Å². The molecule has 1 rings (SSSR count). The Bertz CT molecular complexity index is 367. The Labute approximate surface area is 101 Å². The highest BCUT2D eigenvalue weighted by Gasteiger charge is 2.04. The van der Waals surface area contributed by atoms with Gasteiger partial charge < -0.3 is 15.7 Å². The Morgan fingerprint density at radius 2 is 2.29 bits per heavy atom. The zero-order valence-electron chi connectivity index (χ0n) is 10.2. The van der Waals surface area contributed by atoms with E-state index < -0.39 is 0 Å². The van der Waals surface area contributed by atoms with E-state index >= 15 is 0 Å². The van der Waals surface area contributed by atoms with Gasteiger partial charge in [-0.05, 0) is 26.0 Å². The predicted octanol–water partition coefficient (Wildman–Crippen LogP) is 0.0902. The summed E-state index contributed by atoms with van der Waals surface area (Å²) in [6.07, 6.45) is 1.25. The van der Waals surface area contributed by atoms with Gasteiger partial charge in [0.2, 0.25) is 0 Å². The average molecular weight is 237 g/mol. The molecule has 0 fully saturated rings. The normalized spacial score (nSPS) is 12.2. The molecule has 1 aromatic rings. The van der Waals surface area contributed by atoms with Crippen LogP contribution in [-0.4, -0.2) is 41.7 Å². The molecule has 1 unspecified atom stereocenters. The molecule has 1 aromatic heterocycles. The second kappa shape index (κ2) is 6.98. The number of carbonyl (C=O) groups excluding carboxylic acids is 1. The van der Waals surface area contributed by atoms with E-state index in [1.807, 2.05) is 6.92 Å². The minimum Gasteiger partial charge on any atom is -0.392 e. The highest BCUT2D eigenvalue weighted by atomic mass is 16.3. The summed E-state index contributed by atoms with van der Waals surface area (Å²) in [6, 6.07) is 3.43. The molecular weight excluding hydrogens is 218 g/mol. The van der Waals surface area contributed by atoms with Crippen LogP contribution in [0.25, 0.3) is 0 Å². The number of aryl methyl sites for hydroxylation is 1. The van der Waals surface area contributed by atoms with Gasteiger partial charge in [-0.25, -0.2) is 0 Å². The standard InChI is InChI=1S/C12H19N3O2/c1-9-7-11(3-4-14-9)12(17)15-6-5-13-8-10(2)16/h3-4,7,10,13,16H,5-6,8H2,1-2H3,(H,15,17). The number of nitrogens with zero attached hydrogens (tertiary/aromatic N) is 1. The van der Waals surface area contributed by atoms with Crippen LogP contribution in [0.5, 0.6) is 0 Å². The Kier molecular flexibility index (Phi) is 5.59. The number of aliphatic hydroxyl groups is 1. The fourth-order valence-electron chi connectivity index (χ4n) is 1.36. The maximum Gasteiger partial charge on any atom is 0.251 e. The van der Waals surface area contributed by atoms with Gasteiger partial charge in [-0.15, -0.1) is 0 Å². The summed E-state index contributed by atoms with van der Waals surface area (Å²) in [5.74, 6) is -0.102. The van der Waals surface area contributed by atoms with E-state index in [0.29, 0.717) is 25.2 Å². The smallest absolute Gasteiger partial charge is 0.251 e. The third-order valence-electron chi connectivity index (χ3n) is 2.19. The molecule has 0 radical (unpaired) electrons. The van der Waals surface area contributed by atoms with Gasteiger partial charge >= 0.3 is 0 Å². The van der Waals surface area contributed by atoms with Crippen molar-refractivity contribution >= 4 is 5.91 Å². The molecule has 3 N–H and O–H groups in total. The van der Waals surface area contributed by atoms with E-state index in [4.69, 9.17) is 5.11 Å². The number of nitrogens with one attached hydrogen (secondary N) is 2. The number of rotatable bonds is 6. The first-order chi connectivity index (χ1) is 8.09. The van der Waals surface area contributed by atoms with Crippen molar-refractivity contribution in [3.8, 4) is 0 Å². The maximum absolute atomic E-state index is 11.7. The van der Waals surface area contributed by atoms with Crippen LogP contribution in [0.15, 0.2) is 18.3 Å². The molecular formula is C12H19N3O2. The number of hydrogen-bond acceptors (Lipinski definition) is 4. The van der Waals surface area contributed by atoms with E-state index in [1.165, 1.54) is 0 Å². The zero-order chi connectivity index (χ0) is 12.7. The van der Waals surface area contributed by atoms with Crippen LogP contribution in [0.2, 0.25) is 0 Å². The molecule has 94 valence electrons. The van der Waals surface area contributed by atoms with E-state index in [-0.39, 0.29) is 12.0 Å². The first-order valence-corrected chi connectivity index (χ1v) is 5.69. The van der Waals surface area contributed by atoms with Crippen molar-refractivity contribution in [3.05, 3.63) is 29.6 Å². The van der Waals surface area contributed by atoms with Crippen molar-refractivity contribution in [2.45, 2.75) is 20.0 Å². The predicted molar refractivity (Wildman–Crippen MR) is 65.9 cm³/mol. The summed E-state index contributed by atoms with van der Waals surface area (Å²) in [5.41, 5.74) is 1.44. The van der Waals surface area contributed by atoms with E-state index in [2.05, 4.69) is 15.6 Å². The minimum atomic E-state index is -0.367. The van der Waals surface area contributed by atoms with Crippen molar-refractivity contribution in [2.75, 3.05) is 19.6 Å². The van der Waals surface area contributed by atoms with Crippen molar-refractivity contribution < 1.29 is 9.90 Å². The molecule has 5 nitrogen and oxygen atoms in total. The summed E-state index contributed by atoms with van der Waals surface area (Å²) in [4.78, 5) is 15.7. The van der Waals surface area contributed by atoms with Crippen LogP contribution in [0.3, 0.4) is 0 Å². The lowest BCUT2D eigenvalue weighted by Crippen LogP contribution is -2.34. The third-order valence-corrected chi connectivity index (χ3v) is 2.19. The first kappa shape index (κ1) is 13.6. The van der Waals surface area contributed by atoms with Crippen LogP contribution in [0.4, 0.5) is 0 Å². The molecule has 0 aliphatic heterocycles. The van der Waals surface area contributed by atoms with Gasteiger partial charge in [-0.1, -0.05) is 0 Å². The van der Waals surface area contributed by atoms with Gasteiger partial charge in [0.1, 0.15) is 0 Å². The second-order valence-electron chi connectivity index (χ2n) is 3.99. The van der Waals surface area contributed by atoms with Gasteiger partial charge in [-0.2, -0.15) is 0 Å². The lowest BCUT2D eigenvalue weighted by atomic mass is 10.2. The molecule has 0 saturated heterocycles. The Balaban J connectivity index is 2.26. The summed E-state index contributed by atoms with van der Waals surface area (Å²) < 4.78 is 0. The van der Waals surface area contributed by atoms with Gasteiger partial charge in [0.25, 0.3) is 5.91 Å². The Hall–Kier alpha value is -1.46. The van der Waals surface area contributed by atoms with E-state index in [9.17, 15) is 4.79 Å². The molecule has 5 heteroatoms. The van der Waals surface area contributed by atoms with Gasteiger partial charge in [-0.3, -0.25) is 9.78 Å². The van der Waals surface area contributed by atoms with Crippen molar-refractivity contribution in [2.24, 2.45) is 0 Å². The van der Waals surface area contributed by atoms with Crippen molar-refractivity contribution in [1.29, 1.82) is 0 Å². The largest absolute Gasteiger partial charge is 0.392 e. The molecule has 1 amide bonds. The SMILES string of the molecule is Cc1cc(C(=O)NCCNCC(C)O)ccn1. The van der Waals surface area contributed by atoms with Gasteiger partial charge in [0.15, 0.2) is 0 Å². The molecule has 0 aliphatic carbocycles. The van der Waals surface area contributed by atoms with Crippen molar-refractivity contribution in [3.63, 3.8) is 0 Å². The quantitative estimate of drug-likeness (QED) is 0.613. The lowest BCUT2D eigenvalue weighted by Gasteiger charge is -2.08. The number of amides is 1. The second-order valence-corrected chi connectivity index (χ2v) is 3.99. The lowest BCUT2D eigenvalue weighted by molar-refractivity contribution is 0.0953. The first-order valence-electron chi connectivity index (χ1n) is 5.69. The minimum absolute atomic E-state index is 0.102. The van der Waals surface area contributed by atoms with Crippen LogP contribution in [0.1, 0.15) is 23.0 Å². The number of hydrogen-bond donors (Lipinski definition) is 3. The topological polar surface area (TPSA) is 74.2 Å². The van der Waals surface area contributed by atoms with E-state index in [0.717, 1.165) is 5.69 Å². The van der Waals surface area contributed by atoms with Gasteiger partial charge in [0, 0.05) is 37.1 Å². The number of aliphatic hydroxyl groups excluding tert-OH is 1. The number of aromatic nitrogens is 1. The van der Waals surface area contributed by atoms with Crippen LogP contribution >= 0.6 is 0 Å². The van der Waals surface area contributed by atoms with Crippen LogP contribution < -0.4 is 10.6 Å². The fraction of sp³-hybridized carbons (Fsp3) is 0.500. The maximum atomic E-state index is 11.7. The zero-order valence-corrected chi connectivity index (χ0v) is 10.2. The molecule has 17 heavy (non-hydrogen) atoms. The van der Waals surface area contributed by atoms with Crippen molar-refractivity contribution in [1.82, 2.24) is 15.6 Å². The molecule has 1 heterocycles. The summed E-state index contributed by atoms with van der Waals surface area (Å²) in [7, 11) is 0. The number of carbonyl (C=O) groups is 1. The molecule has 0 aromatic carbocycles. The summed E-state index contributed by atoms with van der Waals surface area (Å²) >= 11 is 0. The third kappa shape index (κ3) is 5.42. The van der Waals surface area contributed by atoms with E-state index in [1.54, 1.807) is 25.3 Å². The highest BCUT2D eigenvalue weighted by molar-refractivity contribution is 5.94. The molecule has 1 atom stereocenters. The molecule has 0 spiro atoms. The monoisotopic (exact) mass is 237 g/mol. The summed E-state index contributed by atoms with van der Waals surface area (Å²) in [6.45, 7) is 5.27. The fourth-order valence-corrected chi connectivity index (χ4v) is 1.36.